The van der Waals surface area contributed by atoms with Crippen molar-refractivity contribution in [2.45, 2.75) is 0 Å². The maximum atomic E-state index is 12.1. The van der Waals surface area contributed by atoms with Gasteiger partial charge in [0.25, 0.3) is 5.78 Å². The number of nitrogens with zero attached hydrogens (tertiary/aromatic N) is 2. The molecule has 12 heteroatoms. The number of nitrogens with one attached hydrogen (secondary N) is 2. The second kappa shape index (κ2) is 7.19. The van der Waals surface area contributed by atoms with Crippen LogP contribution < -0.4 is 0 Å². The van der Waals surface area contributed by atoms with Crippen LogP contribution in [0.25, 0.3) is 11.3 Å². The number of carboxylic acids is 3. The number of carboxylic acid groups (broad SMARTS) is 3. The SMILES string of the molecule is O=C(O)c1cc(C(=O)O)c2c(n1)C(=O)C(=O)c1cc(C(=O)O)[nH]c1-2.c1c[nH]cn1. The standard InChI is InChI=1S/C14H6N2O8.C3H4N2/c17-10-4-2-6(14(23)24)15-8(4)7-3(12(19)20)1-5(13(21)22)16-9(7)11(10)18;1-2-5-3-4-1/h1-2,15H,(H,19,20)(H,21,22)(H,23,24);1-3H,(H,4,5). The first-order chi connectivity index (χ1) is 13.7. The number of pyridine rings is 1. The van der Waals surface area contributed by atoms with Gasteiger partial charge in [0.05, 0.1) is 23.1 Å². The van der Waals surface area contributed by atoms with E-state index in [1.54, 1.807) is 18.7 Å². The highest BCUT2D eigenvalue weighted by atomic mass is 16.4. The van der Waals surface area contributed by atoms with E-state index >= 15 is 0 Å². The first kappa shape index (κ1) is 19.2. The van der Waals surface area contributed by atoms with Crippen molar-refractivity contribution in [2.24, 2.45) is 0 Å². The van der Waals surface area contributed by atoms with Crippen molar-refractivity contribution in [3.63, 3.8) is 0 Å². The molecule has 0 amide bonds. The molecule has 3 aromatic heterocycles. The number of carbonyl (C=O) groups is 5. The van der Waals surface area contributed by atoms with Crippen LogP contribution in [0.5, 0.6) is 0 Å². The van der Waals surface area contributed by atoms with Gasteiger partial charge in [-0.05, 0) is 12.1 Å². The normalized spacial score (nSPS) is 11.7. The highest BCUT2D eigenvalue weighted by Crippen LogP contribution is 2.35. The van der Waals surface area contributed by atoms with Gasteiger partial charge in [0.1, 0.15) is 17.1 Å². The molecule has 0 unspecified atom stereocenters. The number of aromatic amines is 2. The molecule has 3 aromatic rings. The highest BCUT2D eigenvalue weighted by Gasteiger charge is 2.38. The number of carbonyl (C=O) groups excluding carboxylic acids is 2. The molecule has 12 nitrogen and oxygen atoms in total. The van der Waals surface area contributed by atoms with Crippen molar-refractivity contribution < 1.29 is 39.3 Å². The Bertz CT molecular complexity index is 1160. The van der Waals surface area contributed by atoms with Crippen molar-refractivity contribution >= 4 is 29.5 Å². The Labute approximate surface area is 159 Å². The number of aromatic nitrogens is 4. The lowest BCUT2D eigenvalue weighted by Crippen LogP contribution is -2.25. The molecule has 3 heterocycles. The molecule has 0 aliphatic heterocycles. The Hall–Kier alpha value is -4.61. The highest BCUT2D eigenvalue weighted by molar-refractivity contribution is 6.52. The third-order valence-electron chi connectivity index (χ3n) is 3.84. The van der Waals surface area contributed by atoms with E-state index in [0.717, 1.165) is 12.1 Å². The number of ketones is 2. The lowest BCUT2D eigenvalue weighted by atomic mass is 9.88. The monoisotopic (exact) mass is 398 g/mol. The van der Waals surface area contributed by atoms with Crippen molar-refractivity contribution in [1.29, 1.82) is 0 Å². The number of hydrogen-bond acceptors (Lipinski definition) is 7. The fourth-order valence-electron chi connectivity index (χ4n) is 2.63. The molecule has 0 spiro atoms. The summed E-state index contributed by atoms with van der Waals surface area (Å²) in [4.78, 5) is 70.1. The average molecular weight is 398 g/mol. The minimum absolute atomic E-state index is 0.200. The van der Waals surface area contributed by atoms with Crippen molar-refractivity contribution in [3.05, 3.63) is 59.1 Å². The smallest absolute Gasteiger partial charge is 0.354 e. The van der Waals surface area contributed by atoms with Crippen molar-refractivity contribution in [3.8, 4) is 11.3 Å². The van der Waals surface area contributed by atoms with Gasteiger partial charge >= 0.3 is 17.9 Å². The summed E-state index contributed by atoms with van der Waals surface area (Å²) in [7, 11) is 0. The minimum Gasteiger partial charge on any atom is -0.478 e. The summed E-state index contributed by atoms with van der Waals surface area (Å²) in [5, 5.41) is 27.3. The van der Waals surface area contributed by atoms with E-state index in [2.05, 4.69) is 19.9 Å². The van der Waals surface area contributed by atoms with E-state index in [4.69, 9.17) is 10.2 Å². The molecule has 29 heavy (non-hydrogen) atoms. The lowest BCUT2D eigenvalue weighted by Gasteiger charge is -2.16. The second-order valence-electron chi connectivity index (χ2n) is 5.58. The molecular formula is C17H10N4O8. The van der Waals surface area contributed by atoms with Gasteiger partial charge in [-0.1, -0.05) is 0 Å². The summed E-state index contributed by atoms with van der Waals surface area (Å²) < 4.78 is 0. The summed E-state index contributed by atoms with van der Waals surface area (Å²) in [5.74, 6) is -6.87. The number of imidazole rings is 1. The zero-order valence-corrected chi connectivity index (χ0v) is 14.2. The van der Waals surface area contributed by atoms with Crippen LogP contribution in [0.2, 0.25) is 0 Å². The Kier molecular flexibility index (Phi) is 4.75. The number of H-pyrrole nitrogens is 2. The van der Waals surface area contributed by atoms with Gasteiger partial charge in [0.15, 0.2) is 0 Å². The van der Waals surface area contributed by atoms with Crippen LogP contribution in [0.3, 0.4) is 0 Å². The average Bonchev–Trinajstić information content (AvgIpc) is 3.37. The van der Waals surface area contributed by atoms with Crippen LogP contribution >= 0.6 is 0 Å². The molecule has 146 valence electrons. The number of fused-ring (bicyclic) bond motifs is 3. The quantitative estimate of drug-likeness (QED) is 0.395. The molecule has 0 saturated carbocycles. The van der Waals surface area contributed by atoms with Gasteiger partial charge in [-0.15, -0.1) is 0 Å². The summed E-state index contributed by atoms with van der Waals surface area (Å²) in [5.41, 5.74) is -3.21. The number of rotatable bonds is 3. The van der Waals surface area contributed by atoms with Gasteiger partial charge in [0.2, 0.25) is 5.78 Å². The molecule has 0 fully saturated rings. The van der Waals surface area contributed by atoms with Crippen LogP contribution in [-0.2, 0) is 0 Å². The largest absolute Gasteiger partial charge is 0.478 e. The Balaban J connectivity index is 0.000000419. The third-order valence-corrected chi connectivity index (χ3v) is 3.84. The van der Waals surface area contributed by atoms with Crippen molar-refractivity contribution in [1.82, 2.24) is 19.9 Å². The summed E-state index contributed by atoms with van der Waals surface area (Å²) >= 11 is 0. The van der Waals surface area contributed by atoms with E-state index in [9.17, 15) is 29.1 Å². The van der Waals surface area contributed by atoms with Crippen LogP contribution in [0.1, 0.15) is 52.2 Å². The van der Waals surface area contributed by atoms with Gasteiger partial charge in [0, 0.05) is 18.0 Å². The molecule has 0 atom stereocenters. The van der Waals surface area contributed by atoms with E-state index in [0.29, 0.717) is 0 Å². The predicted octanol–water partition coefficient (Wildman–Crippen LogP) is 0.960. The lowest BCUT2D eigenvalue weighted by molar-refractivity contribution is 0.0677. The first-order valence-electron chi connectivity index (χ1n) is 7.72. The molecule has 0 bridgehead atoms. The molecule has 0 saturated heterocycles. The zero-order valence-electron chi connectivity index (χ0n) is 14.2. The summed E-state index contributed by atoms with van der Waals surface area (Å²) in [6.07, 6.45) is 5.08. The van der Waals surface area contributed by atoms with Crippen LogP contribution in [0.15, 0.2) is 30.9 Å². The number of Topliss-reactive ketones (excluding diaryl/α,β-unsaturated/α-hetero) is 2. The number of hydrogen-bond donors (Lipinski definition) is 5. The molecule has 0 aromatic carbocycles. The molecule has 1 aliphatic carbocycles. The number of aromatic carboxylic acids is 3. The summed E-state index contributed by atoms with van der Waals surface area (Å²) in [6.45, 7) is 0. The maximum absolute atomic E-state index is 12.1. The first-order valence-corrected chi connectivity index (χ1v) is 7.72. The minimum atomic E-state index is -1.58. The molecule has 0 radical (unpaired) electrons. The summed E-state index contributed by atoms with van der Waals surface area (Å²) in [6, 6.07) is 1.65. The Morgan fingerprint density at radius 1 is 0.931 bits per heavy atom. The Morgan fingerprint density at radius 2 is 1.66 bits per heavy atom. The molecule has 1 aliphatic rings. The van der Waals surface area contributed by atoms with Crippen LogP contribution in [-0.4, -0.2) is 64.7 Å². The predicted molar refractivity (Wildman–Crippen MR) is 92.2 cm³/mol. The van der Waals surface area contributed by atoms with E-state index in [1.165, 1.54) is 0 Å². The van der Waals surface area contributed by atoms with Crippen LogP contribution in [0, 0.1) is 0 Å². The van der Waals surface area contributed by atoms with Gasteiger partial charge in [-0.3, -0.25) is 9.59 Å². The fraction of sp³-hybridized carbons (Fsp3) is 0. The Morgan fingerprint density at radius 3 is 2.14 bits per heavy atom. The fourth-order valence-corrected chi connectivity index (χ4v) is 2.63. The van der Waals surface area contributed by atoms with E-state index in [-0.39, 0.29) is 16.8 Å². The van der Waals surface area contributed by atoms with Crippen LogP contribution in [0.4, 0.5) is 0 Å². The van der Waals surface area contributed by atoms with Gasteiger partial charge in [-0.2, -0.15) is 0 Å². The second-order valence-corrected chi connectivity index (χ2v) is 5.58. The van der Waals surface area contributed by atoms with E-state index < -0.39 is 52.1 Å². The van der Waals surface area contributed by atoms with E-state index in [1.807, 2.05) is 0 Å². The zero-order chi connectivity index (χ0) is 21.3. The van der Waals surface area contributed by atoms with Crippen molar-refractivity contribution in [2.75, 3.05) is 0 Å². The molecule has 4 rings (SSSR count). The van der Waals surface area contributed by atoms with Gasteiger partial charge in [-0.25, -0.2) is 24.4 Å². The topological polar surface area (TPSA) is 203 Å². The van der Waals surface area contributed by atoms with Gasteiger partial charge < -0.3 is 25.3 Å². The molecular weight excluding hydrogens is 388 g/mol. The maximum Gasteiger partial charge on any atom is 0.354 e. The molecule has 5 N–H and O–H groups in total. The third kappa shape index (κ3) is 3.37.